The van der Waals surface area contributed by atoms with Crippen molar-refractivity contribution >= 4 is 5.91 Å². The molecule has 0 spiro atoms. The molecule has 0 aliphatic rings. The first kappa shape index (κ1) is 18.5. The predicted molar refractivity (Wildman–Crippen MR) is 84.3 cm³/mol. The Hall–Kier alpha value is -3.31. The highest BCUT2D eigenvalue weighted by atomic mass is 19.4. The average Bonchev–Trinajstić information content (AvgIpc) is 3.30. The van der Waals surface area contributed by atoms with Crippen LogP contribution in [-0.4, -0.2) is 42.8 Å². The second kappa shape index (κ2) is 7.51. The van der Waals surface area contributed by atoms with Crippen LogP contribution in [0.2, 0.25) is 0 Å². The lowest BCUT2D eigenvalue weighted by atomic mass is 10.1. The minimum absolute atomic E-state index is 0.0356. The standard InChI is InChI=1S/C15H14F3N7O2/c1-2-7-19-13(26)12-21-24-25(22-12)8-9-3-5-10(6-4-9)11-20-14(27-23-11)15(16,17)18/h3-6H,2,7-8H2,1H3,(H,19,26). The Morgan fingerprint density at radius 2 is 2.00 bits per heavy atom. The first-order valence-corrected chi connectivity index (χ1v) is 7.93. The summed E-state index contributed by atoms with van der Waals surface area (Å²) >= 11 is 0. The van der Waals surface area contributed by atoms with Crippen molar-refractivity contribution in [3.63, 3.8) is 0 Å². The van der Waals surface area contributed by atoms with Gasteiger partial charge in [0.2, 0.25) is 5.82 Å². The fraction of sp³-hybridized carbons (Fsp3) is 0.333. The molecule has 3 rings (SSSR count). The second-order valence-electron chi connectivity index (χ2n) is 5.52. The van der Waals surface area contributed by atoms with Crippen molar-refractivity contribution < 1.29 is 22.5 Å². The molecule has 2 heterocycles. The van der Waals surface area contributed by atoms with Gasteiger partial charge >= 0.3 is 12.1 Å². The lowest BCUT2D eigenvalue weighted by molar-refractivity contribution is -0.159. The summed E-state index contributed by atoms with van der Waals surface area (Å²) in [6.07, 6.45) is -3.90. The molecule has 0 bridgehead atoms. The number of benzene rings is 1. The summed E-state index contributed by atoms with van der Waals surface area (Å²) in [5, 5.41) is 17.4. The fourth-order valence-electron chi connectivity index (χ4n) is 2.10. The van der Waals surface area contributed by atoms with Gasteiger partial charge in [0.05, 0.1) is 6.54 Å². The van der Waals surface area contributed by atoms with E-state index in [1.54, 1.807) is 24.3 Å². The van der Waals surface area contributed by atoms with Crippen molar-refractivity contribution in [1.82, 2.24) is 35.7 Å². The Morgan fingerprint density at radius 1 is 1.26 bits per heavy atom. The second-order valence-corrected chi connectivity index (χ2v) is 5.52. The molecule has 0 radical (unpaired) electrons. The molecule has 0 aliphatic carbocycles. The number of alkyl halides is 3. The van der Waals surface area contributed by atoms with E-state index in [0.29, 0.717) is 12.1 Å². The minimum Gasteiger partial charge on any atom is -0.349 e. The zero-order valence-corrected chi connectivity index (χ0v) is 14.1. The van der Waals surface area contributed by atoms with Gasteiger partial charge in [-0.3, -0.25) is 4.79 Å². The van der Waals surface area contributed by atoms with Gasteiger partial charge in [-0.25, -0.2) is 0 Å². The van der Waals surface area contributed by atoms with Crippen LogP contribution in [0.15, 0.2) is 28.8 Å². The normalized spacial score (nSPS) is 11.6. The smallest absolute Gasteiger partial charge is 0.349 e. The molecule has 0 unspecified atom stereocenters. The van der Waals surface area contributed by atoms with Gasteiger partial charge in [-0.2, -0.15) is 23.0 Å². The van der Waals surface area contributed by atoms with E-state index in [-0.39, 0.29) is 18.2 Å². The van der Waals surface area contributed by atoms with Crippen LogP contribution < -0.4 is 5.32 Å². The molecule has 0 fully saturated rings. The monoisotopic (exact) mass is 381 g/mol. The number of carbonyl (C=O) groups excluding carboxylic acids is 1. The van der Waals surface area contributed by atoms with E-state index in [4.69, 9.17) is 0 Å². The Kier molecular flexibility index (Phi) is 5.14. The van der Waals surface area contributed by atoms with Gasteiger partial charge in [0, 0.05) is 12.1 Å². The number of rotatable bonds is 6. The summed E-state index contributed by atoms with van der Waals surface area (Å²) in [6.45, 7) is 2.67. The van der Waals surface area contributed by atoms with Crippen LogP contribution >= 0.6 is 0 Å². The number of aromatic nitrogens is 6. The molecule has 142 valence electrons. The largest absolute Gasteiger partial charge is 0.471 e. The summed E-state index contributed by atoms with van der Waals surface area (Å²) < 4.78 is 41.7. The average molecular weight is 381 g/mol. The van der Waals surface area contributed by atoms with Gasteiger partial charge in [0.15, 0.2) is 0 Å². The molecule has 0 saturated heterocycles. The number of hydrogen-bond acceptors (Lipinski definition) is 7. The Morgan fingerprint density at radius 3 is 2.63 bits per heavy atom. The van der Waals surface area contributed by atoms with E-state index in [1.165, 1.54) is 4.80 Å². The number of nitrogens with one attached hydrogen (secondary N) is 1. The summed E-state index contributed by atoms with van der Waals surface area (Å²) in [5.41, 5.74) is 1.11. The van der Waals surface area contributed by atoms with Gasteiger partial charge in [-0.1, -0.05) is 36.3 Å². The molecule has 1 aromatic carbocycles. The fourth-order valence-corrected chi connectivity index (χ4v) is 2.10. The van der Waals surface area contributed by atoms with E-state index >= 15 is 0 Å². The maximum Gasteiger partial charge on any atom is 0.471 e. The molecular formula is C15H14F3N7O2. The number of carbonyl (C=O) groups is 1. The third-order valence-electron chi connectivity index (χ3n) is 3.40. The van der Waals surface area contributed by atoms with E-state index in [9.17, 15) is 18.0 Å². The lowest BCUT2D eigenvalue weighted by Gasteiger charge is -2.01. The highest BCUT2D eigenvalue weighted by Gasteiger charge is 2.38. The van der Waals surface area contributed by atoms with E-state index < -0.39 is 18.0 Å². The van der Waals surface area contributed by atoms with Crippen molar-refractivity contribution in [2.45, 2.75) is 26.1 Å². The molecular weight excluding hydrogens is 367 g/mol. The first-order valence-electron chi connectivity index (χ1n) is 7.93. The van der Waals surface area contributed by atoms with Crippen LogP contribution in [0.1, 0.15) is 35.4 Å². The molecule has 0 aliphatic heterocycles. The predicted octanol–water partition coefficient (Wildman–Crippen LogP) is 1.93. The van der Waals surface area contributed by atoms with Crippen molar-refractivity contribution in [1.29, 1.82) is 0 Å². The Balaban J connectivity index is 1.67. The minimum atomic E-state index is -4.69. The van der Waals surface area contributed by atoms with Crippen molar-refractivity contribution in [2.24, 2.45) is 0 Å². The number of tetrazole rings is 1. The summed E-state index contributed by atoms with van der Waals surface area (Å²) in [4.78, 5) is 16.3. The molecule has 0 saturated carbocycles. The van der Waals surface area contributed by atoms with E-state index in [1.807, 2.05) is 6.92 Å². The number of amides is 1. The Bertz CT molecular complexity index is 918. The topological polar surface area (TPSA) is 112 Å². The van der Waals surface area contributed by atoms with Gasteiger partial charge < -0.3 is 9.84 Å². The van der Waals surface area contributed by atoms with Gasteiger partial charge in [-0.05, 0) is 17.2 Å². The Labute approximate surface area is 150 Å². The van der Waals surface area contributed by atoms with Crippen LogP contribution in [0.3, 0.4) is 0 Å². The highest BCUT2D eigenvalue weighted by molar-refractivity contribution is 5.89. The van der Waals surface area contributed by atoms with Crippen LogP contribution in [0.4, 0.5) is 13.2 Å². The van der Waals surface area contributed by atoms with E-state index in [2.05, 4.69) is 35.4 Å². The molecule has 0 atom stereocenters. The van der Waals surface area contributed by atoms with Gasteiger partial charge in [0.1, 0.15) is 0 Å². The first-order chi connectivity index (χ1) is 12.9. The molecule has 2 aromatic heterocycles. The highest BCUT2D eigenvalue weighted by Crippen LogP contribution is 2.29. The third kappa shape index (κ3) is 4.46. The zero-order valence-electron chi connectivity index (χ0n) is 14.1. The molecule has 12 heteroatoms. The zero-order chi connectivity index (χ0) is 19.4. The SMILES string of the molecule is CCCNC(=O)c1nnn(Cc2ccc(-c3noc(C(F)(F)F)n3)cc2)n1. The molecule has 3 aromatic rings. The summed E-state index contributed by atoms with van der Waals surface area (Å²) in [6, 6.07) is 6.40. The molecule has 27 heavy (non-hydrogen) atoms. The van der Waals surface area contributed by atoms with Crippen molar-refractivity contribution in [2.75, 3.05) is 6.54 Å². The van der Waals surface area contributed by atoms with Gasteiger partial charge in [0.25, 0.3) is 11.7 Å². The van der Waals surface area contributed by atoms with Gasteiger partial charge in [-0.15, -0.1) is 10.2 Å². The molecule has 1 N–H and O–H groups in total. The summed E-state index contributed by atoms with van der Waals surface area (Å²) in [7, 11) is 0. The van der Waals surface area contributed by atoms with Crippen LogP contribution in [0.25, 0.3) is 11.4 Å². The van der Waals surface area contributed by atoms with E-state index in [0.717, 1.165) is 12.0 Å². The number of halogens is 3. The lowest BCUT2D eigenvalue weighted by Crippen LogP contribution is -2.25. The number of nitrogens with zero attached hydrogens (tertiary/aromatic N) is 6. The van der Waals surface area contributed by atoms with Crippen LogP contribution in [-0.2, 0) is 12.7 Å². The quantitative estimate of drug-likeness (QED) is 0.694. The molecule has 1 amide bonds. The van der Waals surface area contributed by atoms with Crippen molar-refractivity contribution in [3.05, 3.63) is 41.5 Å². The van der Waals surface area contributed by atoms with Crippen LogP contribution in [0, 0.1) is 0 Å². The third-order valence-corrected chi connectivity index (χ3v) is 3.40. The maximum absolute atomic E-state index is 12.5. The van der Waals surface area contributed by atoms with Crippen LogP contribution in [0.5, 0.6) is 0 Å². The number of hydrogen-bond donors (Lipinski definition) is 1. The molecule has 9 nitrogen and oxygen atoms in total. The van der Waals surface area contributed by atoms with Crippen molar-refractivity contribution in [3.8, 4) is 11.4 Å². The maximum atomic E-state index is 12.5. The summed E-state index contributed by atoms with van der Waals surface area (Å²) in [5.74, 6) is -2.01.